The smallest absolute Gasteiger partial charge is 0.293 e. The molecule has 0 aliphatic carbocycles. The van der Waals surface area contributed by atoms with Crippen molar-refractivity contribution in [2.75, 3.05) is 5.32 Å². The summed E-state index contributed by atoms with van der Waals surface area (Å²) in [5, 5.41) is 19.5. The maximum Gasteiger partial charge on any atom is 0.293 e. The number of nitrogens with one attached hydrogen (secondary N) is 1. The number of primary sulfonamides is 1. The van der Waals surface area contributed by atoms with Crippen LogP contribution in [0.1, 0.15) is 5.56 Å². The van der Waals surface area contributed by atoms with Gasteiger partial charge in [-0.2, -0.15) is 0 Å². The van der Waals surface area contributed by atoms with E-state index in [0.29, 0.717) is 11.6 Å². The second-order valence-electron chi connectivity index (χ2n) is 4.46. The molecule has 2 rings (SSSR count). The molecular weight excluding hydrogens is 330 g/mol. The summed E-state index contributed by atoms with van der Waals surface area (Å²) in [7, 11) is -4.00. The van der Waals surface area contributed by atoms with Gasteiger partial charge in [0.2, 0.25) is 10.0 Å². The molecule has 0 heterocycles. The van der Waals surface area contributed by atoms with E-state index >= 15 is 0 Å². The van der Waals surface area contributed by atoms with Gasteiger partial charge in [0.05, 0.1) is 9.82 Å². The zero-order valence-corrected chi connectivity index (χ0v) is 12.8. The third-order valence-electron chi connectivity index (χ3n) is 2.87. The summed E-state index contributed by atoms with van der Waals surface area (Å²) in [5.74, 6) is 0. The number of hydrogen-bond acceptors (Lipinski definition) is 5. The Bertz CT molecular complexity index is 824. The molecule has 0 radical (unpaired) electrons. The van der Waals surface area contributed by atoms with Crippen LogP contribution in [0.3, 0.4) is 0 Å². The molecule has 0 fully saturated rings. The number of nitrogens with two attached hydrogens (primary N) is 1. The van der Waals surface area contributed by atoms with E-state index in [0.717, 1.165) is 11.6 Å². The molecule has 0 aliphatic heterocycles. The van der Waals surface area contributed by atoms with Crippen LogP contribution in [0, 0.1) is 10.1 Å². The Morgan fingerprint density at radius 2 is 1.95 bits per heavy atom. The number of benzene rings is 2. The summed E-state index contributed by atoms with van der Waals surface area (Å²) in [5.41, 5.74) is 0.656. The molecule has 7 nitrogen and oxygen atoms in total. The number of halogens is 1. The number of nitro benzene ring substituents is 1. The highest BCUT2D eigenvalue weighted by Gasteiger charge is 2.18. The van der Waals surface area contributed by atoms with Crippen molar-refractivity contribution in [3.05, 3.63) is 63.2 Å². The van der Waals surface area contributed by atoms with Crippen molar-refractivity contribution in [3.8, 4) is 0 Å². The molecule has 0 atom stereocenters. The first-order valence-electron chi connectivity index (χ1n) is 6.07. The lowest BCUT2D eigenvalue weighted by molar-refractivity contribution is -0.384. The van der Waals surface area contributed by atoms with Crippen LogP contribution in [0.25, 0.3) is 0 Å². The van der Waals surface area contributed by atoms with Gasteiger partial charge in [-0.1, -0.05) is 23.7 Å². The third kappa shape index (κ3) is 3.94. The number of anilines is 1. The molecule has 0 amide bonds. The van der Waals surface area contributed by atoms with Crippen LogP contribution >= 0.6 is 11.6 Å². The highest BCUT2D eigenvalue weighted by Crippen LogP contribution is 2.27. The van der Waals surface area contributed by atoms with Gasteiger partial charge < -0.3 is 5.32 Å². The first-order valence-corrected chi connectivity index (χ1v) is 7.99. The van der Waals surface area contributed by atoms with Gasteiger partial charge in [-0.3, -0.25) is 10.1 Å². The van der Waals surface area contributed by atoms with Crippen molar-refractivity contribution < 1.29 is 13.3 Å². The van der Waals surface area contributed by atoms with Crippen molar-refractivity contribution >= 4 is 33.0 Å². The number of rotatable bonds is 5. The van der Waals surface area contributed by atoms with Gasteiger partial charge in [0.1, 0.15) is 5.69 Å². The summed E-state index contributed by atoms with van der Waals surface area (Å²) in [6, 6.07) is 10.5. The summed E-state index contributed by atoms with van der Waals surface area (Å²) < 4.78 is 22.5. The Balaban J connectivity index is 2.29. The molecule has 2 aromatic rings. The first-order chi connectivity index (χ1) is 10.3. The van der Waals surface area contributed by atoms with Crippen LogP contribution in [-0.2, 0) is 16.6 Å². The van der Waals surface area contributed by atoms with Gasteiger partial charge in [-0.15, -0.1) is 0 Å². The van der Waals surface area contributed by atoms with Crippen LogP contribution in [0.5, 0.6) is 0 Å². The summed E-state index contributed by atoms with van der Waals surface area (Å²) in [6.45, 7) is 0.302. The van der Waals surface area contributed by atoms with Crippen molar-refractivity contribution in [1.82, 2.24) is 0 Å². The molecule has 3 N–H and O–H groups in total. The minimum atomic E-state index is -4.00. The highest BCUT2D eigenvalue weighted by atomic mass is 35.5. The van der Waals surface area contributed by atoms with Crippen molar-refractivity contribution in [3.63, 3.8) is 0 Å². The quantitative estimate of drug-likeness (QED) is 0.640. The van der Waals surface area contributed by atoms with Gasteiger partial charge in [-0.25, -0.2) is 13.6 Å². The van der Waals surface area contributed by atoms with Crippen LogP contribution in [0.15, 0.2) is 47.4 Å². The number of hydrogen-bond donors (Lipinski definition) is 2. The molecule has 0 saturated carbocycles. The standard InChI is InChI=1S/C13H12ClN3O4S/c14-10-3-1-2-9(6-10)8-16-12-5-4-11(22(15,20)21)7-13(12)17(18)19/h1-7,16H,8H2,(H2,15,20,21). The SMILES string of the molecule is NS(=O)(=O)c1ccc(NCc2cccc(Cl)c2)c([N+](=O)[O-])c1. The zero-order chi connectivity index (χ0) is 16.3. The van der Waals surface area contributed by atoms with Crippen LogP contribution in [0.4, 0.5) is 11.4 Å². The fourth-order valence-electron chi connectivity index (χ4n) is 1.83. The molecule has 0 unspecified atom stereocenters. The van der Waals surface area contributed by atoms with Gasteiger partial charge in [0, 0.05) is 17.6 Å². The maximum atomic E-state index is 11.3. The van der Waals surface area contributed by atoms with Gasteiger partial charge in [0.15, 0.2) is 0 Å². The highest BCUT2D eigenvalue weighted by molar-refractivity contribution is 7.89. The third-order valence-corrected chi connectivity index (χ3v) is 4.01. The zero-order valence-electron chi connectivity index (χ0n) is 11.2. The molecule has 116 valence electrons. The largest absolute Gasteiger partial charge is 0.375 e. The molecule has 0 spiro atoms. The van der Waals surface area contributed by atoms with E-state index in [9.17, 15) is 18.5 Å². The number of sulfonamides is 1. The second-order valence-corrected chi connectivity index (χ2v) is 6.46. The minimum absolute atomic E-state index is 0.192. The summed E-state index contributed by atoms with van der Waals surface area (Å²) >= 11 is 5.86. The normalized spacial score (nSPS) is 11.2. The van der Waals surface area contributed by atoms with E-state index in [1.54, 1.807) is 18.2 Å². The minimum Gasteiger partial charge on any atom is -0.375 e. The molecule has 0 saturated heterocycles. The Labute approximate surface area is 131 Å². The van der Waals surface area contributed by atoms with Crippen LogP contribution in [-0.4, -0.2) is 13.3 Å². The molecular formula is C13H12ClN3O4S. The monoisotopic (exact) mass is 341 g/mol. The van der Waals surface area contributed by atoms with E-state index in [1.165, 1.54) is 12.1 Å². The first kappa shape index (κ1) is 16.2. The molecule has 0 bridgehead atoms. The second kappa shape index (κ2) is 6.30. The average molecular weight is 342 g/mol. The van der Waals surface area contributed by atoms with Crippen LogP contribution in [0.2, 0.25) is 5.02 Å². The lowest BCUT2D eigenvalue weighted by Gasteiger charge is -2.08. The number of nitrogens with zero attached hydrogens (tertiary/aromatic N) is 1. The maximum absolute atomic E-state index is 11.3. The predicted molar refractivity (Wildman–Crippen MR) is 83.2 cm³/mol. The van der Waals surface area contributed by atoms with Crippen molar-refractivity contribution in [2.45, 2.75) is 11.4 Å². The lowest BCUT2D eigenvalue weighted by atomic mass is 10.2. The van der Waals surface area contributed by atoms with Gasteiger partial charge >= 0.3 is 0 Å². The molecule has 22 heavy (non-hydrogen) atoms. The van der Waals surface area contributed by atoms with Crippen LogP contribution < -0.4 is 10.5 Å². The summed E-state index contributed by atoms with van der Waals surface area (Å²) in [6.07, 6.45) is 0. The van der Waals surface area contributed by atoms with E-state index in [1.807, 2.05) is 6.07 Å². The molecule has 0 aliphatic rings. The molecule has 9 heteroatoms. The predicted octanol–water partition coefficient (Wildman–Crippen LogP) is 2.51. The fourth-order valence-corrected chi connectivity index (χ4v) is 2.58. The van der Waals surface area contributed by atoms with E-state index in [4.69, 9.17) is 16.7 Å². The van der Waals surface area contributed by atoms with Crippen molar-refractivity contribution in [2.24, 2.45) is 5.14 Å². The Hall–Kier alpha value is -2.16. The van der Waals surface area contributed by atoms with E-state index < -0.39 is 14.9 Å². The van der Waals surface area contributed by atoms with E-state index in [2.05, 4.69) is 5.32 Å². The lowest BCUT2D eigenvalue weighted by Crippen LogP contribution is -2.13. The molecule has 0 aromatic heterocycles. The van der Waals surface area contributed by atoms with E-state index in [-0.39, 0.29) is 16.3 Å². The number of nitro groups is 1. The Morgan fingerprint density at radius 3 is 2.55 bits per heavy atom. The van der Waals surface area contributed by atoms with Gasteiger partial charge in [-0.05, 0) is 29.8 Å². The molecule has 2 aromatic carbocycles. The Kier molecular flexibility index (Phi) is 4.65. The fraction of sp³-hybridized carbons (Fsp3) is 0.0769. The summed E-state index contributed by atoms with van der Waals surface area (Å²) in [4.78, 5) is 10.1. The Morgan fingerprint density at radius 1 is 1.23 bits per heavy atom. The average Bonchev–Trinajstić information content (AvgIpc) is 2.44. The van der Waals surface area contributed by atoms with Gasteiger partial charge in [0.25, 0.3) is 5.69 Å². The topological polar surface area (TPSA) is 115 Å². The van der Waals surface area contributed by atoms with Crippen molar-refractivity contribution in [1.29, 1.82) is 0 Å².